The quantitative estimate of drug-likeness (QED) is 0.422. The maximum Gasteiger partial charge on any atom is 0.113 e. The van der Waals surface area contributed by atoms with Crippen LogP contribution in [0.1, 0.15) is 43.5 Å². The van der Waals surface area contributed by atoms with E-state index in [1.165, 1.54) is 29.7 Å². The number of ether oxygens (including phenoxy) is 1. The minimum absolute atomic E-state index is 0.538. The van der Waals surface area contributed by atoms with E-state index in [-0.39, 0.29) is 0 Å². The van der Waals surface area contributed by atoms with Crippen molar-refractivity contribution in [2.45, 2.75) is 45.1 Å². The number of nitrogens with zero attached hydrogens (tertiary/aromatic N) is 3. The number of para-hydroxylation sites is 2. The number of hydrogen-bond donors (Lipinski definition) is 0. The van der Waals surface area contributed by atoms with Crippen molar-refractivity contribution in [1.82, 2.24) is 14.5 Å². The van der Waals surface area contributed by atoms with Crippen LogP contribution in [0.25, 0.3) is 11.0 Å². The number of hydrogen-bond acceptors (Lipinski definition) is 3. The molecule has 0 atom stereocenters. The highest BCUT2D eigenvalue weighted by Gasteiger charge is 2.25. The molecule has 0 bridgehead atoms. The molecule has 4 nitrogen and oxygen atoms in total. The lowest BCUT2D eigenvalue weighted by atomic mass is 9.95. The topological polar surface area (TPSA) is 30.3 Å². The van der Waals surface area contributed by atoms with Crippen molar-refractivity contribution >= 4 is 22.6 Å². The van der Waals surface area contributed by atoms with Crippen LogP contribution in [-0.2, 0) is 17.7 Å². The van der Waals surface area contributed by atoms with E-state index in [0.29, 0.717) is 5.92 Å². The summed E-state index contributed by atoms with van der Waals surface area (Å²) in [5, 5.41) is 0.809. The van der Waals surface area contributed by atoms with Crippen LogP contribution in [0, 0.1) is 0 Å². The summed E-state index contributed by atoms with van der Waals surface area (Å²) < 4.78 is 8.01. The third kappa shape index (κ3) is 5.23. The van der Waals surface area contributed by atoms with Crippen molar-refractivity contribution in [2.24, 2.45) is 0 Å². The second-order valence-corrected chi connectivity index (χ2v) is 8.59. The number of fused-ring (bicyclic) bond motifs is 1. The van der Waals surface area contributed by atoms with Crippen LogP contribution in [0.4, 0.5) is 0 Å². The molecule has 0 aliphatic carbocycles. The van der Waals surface area contributed by atoms with Gasteiger partial charge in [-0.05, 0) is 75.5 Å². The molecule has 160 valence electrons. The molecule has 1 aromatic heterocycles. The predicted octanol–water partition coefficient (Wildman–Crippen LogP) is 5.54. The summed E-state index contributed by atoms with van der Waals surface area (Å²) in [5.74, 6) is 1.81. The number of halogens is 1. The number of rotatable bonds is 9. The van der Waals surface area contributed by atoms with Gasteiger partial charge in [-0.3, -0.25) is 0 Å². The lowest BCUT2D eigenvalue weighted by Crippen LogP contribution is -2.35. The van der Waals surface area contributed by atoms with Crippen molar-refractivity contribution in [3.63, 3.8) is 0 Å². The zero-order valence-corrected chi connectivity index (χ0v) is 18.7. The number of piperidine rings is 1. The Balaban J connectivity index is 1.38. The van der Waals surface area contributed by atoms with E-state index in [0.717, 1.165) is 62.8 Å². The molecule has 3 aromatic rings. The third-order valence-corrected chi connectivity index (χ3v) is 6.39. The van der Waals surface area contributed by atoms with Gasteiger partial charge in [-0.2, -0.15) is 0 Å². The van der Waals surface area contributed by atoms with E-state index in [1.807, 2.05) is 12.1 Å². The van der Waals surface area contributed by atoms with Gasteiger partial charge in [-0.1, -0.05) is 35.9 Å². The molecule has 0 spiro atoms. The zero-order chi connectivity index (χ0) is 20.8. The molecular weight excluding hydrogens is 394 g/mol. The molecule has 1 aliphatic rings. The Morgan fingerprint density at radius 2 is 1.80 bits per heavy atom. The molecule has 0 amide bonds. The molecule has 1 saturated heterocycles. The van der Waals surface area contributed by atoms with E-state index in [9.17, 15) is 0 Å². The Hall–Kier alpha value is -1.88. The lowest BCUT2D eigenvalue weighted by molar-refractivity contribution is 0.141. The molecular formula is C25H32ClN3O. The van der Waals surface area contributed by atoms with Gasteiger partial charge < -0.3 is 14.2 Å². The Labute approximate surface area is 184 Å². The van der Waals surface area contributed by atoms with Crippen LogP contribution in [0.2, 0.25) is 5.02 Å². The second kappa shape index (κ2) is 10.4. The molecule has 1 aliphatic heterocycles. The van der Waals surface area contributed by atoms with Gasteiger partial charge in [0, 0.05) is 37.2 Å². The first-order valence-electron chi connectivity index (χ1n) is 11.2. The minimum Gasteiger partial charge on any atom is -0.382 e. The van der Waals surface area contributed by atoms with Crippen LogP contribution in [0.15, 0.2) is 48.5 Å². The average molecular weight is 426 g/mol. The number of imidazole rings is 1. The van der Waals surface area contributed by atoms with Crippen molar-refractivity contribution in [3.05, 3.63) is 64.9 Å². The van der Waals surface area contributed by atoms with Gasteiger partial charge in [0.1, 0.15) is 5.82 Å². The van der Waals surface area contributed by atoms with E-state index >= 15 is 0 Å². The van der Waals surface area contributed by atoms with Gasteiger partial charge in [-0.25, -0.2) is 4.98 Å². The van der Waals surface area contributed by atoms with Crippen LogP contribution in [0.3, 0.4) is 0 Å². The summed E-state index contributed by atoms with van der Waals surface area (Å²) >= 11 is 6.00. The highest BCUT2D eigenvalue weighted by Crippen LogP contribution is 2.30. The average Bonchev–Trinajstić information content (AvgIpc) is 3.15. The maximum atomic E-state index is 6.00. The van der Waals surface area contributed by atoms with Crippen LogP contribution in [-0.4, -0.2) is 47.3 Å². The van der Waals surface area contributed by atoms with Gasteiger partial charge in [-0.15, -0.1) is 0 Å². The molecule has 0 radical (unpaired) electrons. The number of benzene rings is 2. The van der Waals surface area contributed by atoms with Gasteiger partial charge in [0.05, 0.1) is 11.0 Å². The van der Waals surface area contributed by atoms with E-state index < -0.39 is 0 Å². The molecule has 0 N–H and O–H groups in total. The van der Waals surface area contributed by atoms with E-state index in [4.69, 9.17) is 21.3 Å². The summed E-state index contributed by atoms with van der Waals surface area (Å²) in [6, 6.07) is 16.8. The van der Waals surface area contributed by atoms with Gasteiger partial charge in [0.15, 0.2) is 0 Å². The van der Waals surface area contributed by atoms with Crippen molar-refractivity contribution < 1.29 is 4.74 Å². The SMILES string of the molecule is CCOCCCn1c(C2CCN(CCc3ccc(Cl)cc3)CC2)nc2ccccc21. The maximum absolute atomic E-state index is 6.00. The normalized spacial score (nSPS) is 15.8. The number of aromatic nitrogens is 2. The monoisotopic (exact) mass is 425 g/mol. The first kappa shape index (κ1) is 21.4. The number of aryl methyl sites for hydroxylation is 1. The molecule has 0 unspecified atom stereocenters. The summed E-state index contributed by atoms with van der Waals surface area (Å²) in [4.78, 5) is 7.64. The molecule has 5 heteroatoms. The van der Waals surface area contributed by atoms with E-state index in [2.05, 4.69) is 52.8 Å². The Morgan fingerprint density at radius 1 is 1.03 bits per heavy atom. The predicted molar refractivity (Wildman–Crippen MR) is 124 cm³/mol. The van der Waals surface area contributed by atoms with Crippen LogP contribution < -0.4 is 0 Å². The highest BCUT2D eigenvalue weighted by atomic mass is 35.5. The largest absolute Gasteiger partial charge is 0.382 e. The Kier molecular flexibility index (Phi) is 7.42. The fourth-order valence-corrected chi connectivity index (χ4v) is 4.59. The fraction of sp³-hybridized carbons (Fsp3) is 0.480. The minimum atomic E-state index is 0.538. The lowest BCUT2D eigenvalue weighted by Gasteiger charge is -2.32. The molecule has 2 aromatic carbocycles. The number of likely N-dealkylation sites (tertiary alicyclic amines) is 1. The standard InChI is InChI=1S/C25H32ClN3O/c1-2-30-19-5-15-29-24-7-4-3-6-23(24)27-25(29)21-13-17-28(18-14-21)16-12-20-8-10-22(26)11-9-20/h3-4,6-11,21H,2,5,12-19H2,1H3. The van der Waals surface area contributed by atoms with Gasteiger partial charge >= 0.3 is 0 Å². The smallest absolute Gasteiger partial charge is 0.113 e. The summed E-state index contributed by atoms with van der Waals surface area (Å²) in [6.07, 6.45) is 4.46. The molecule has 4 rings (SSSR count). The van der Waals surface area contributed by atoms with Crippen LogP contribution in [0.5, 0.6) is 0 Å². The first-order valence-corrected chi connectivity index (χ1v) is 11.6. The van der Waals surface area contributed by atoms with Crippen molar-refractivity contribution in [2.75, 3.05) is 32.8 Å². The van der Waals surface area contributed by atoms with Crippen molar-refractivity contribution in [1.29, 1.82) is 0 Å². The summed E-state index contributed by atoms with van der Waals surface area (Å²) in [7, 11) is 0. The van der Waals surface area contributed by atoms with E-state index in [1.54, 1.807) is 0 Å². The van der Waals surface area contributed by atoms with Crippen molar-refractivity contribution in [3.8, 4) is 0 Å². The molecule has 1 fully saturated rings. The third-order valence-electron chi connectivity index (χ3n) is 6.14. The summed E-state index contributed by atoms with van der Waals surface area (Å²) in [5.41, 5.74) is 3.74. The van der Waals surface area contributed by atoms with Crippen LogP contribution >= 0.6 is 11.6 Å². The fourth-order valence-electron chi connectivity index (χ4n) is 4.46. The molecule has 30 heavy (non-hydrogen) atoms. The zero-order valence-electron chi connectivity index (χ0n) is 17.9. The second-order valence-electron chi connectivity index (χ2n) is 8.15. The Bertz CT molecular complexity index is 929. The van der Waals surface area contributed by atoms with Gasteiger partial charge in [0.2, 0.25) is 0 Å². The van der Waals surface area contributed by atoms with Gasteiger partial charge in [0.25, 0.3) is 0 Å². The summed E-state index contributed by atoms with van der Waals surface area (Å²) in [6.45, 7) is 8.02. The highest BCUT2D eigenvalue weighted by molar-refractivity contribution is 6.30. The molecule has 2 heterocycles. The Morgan fingerprint density at radius 3 is 2.57 bits per heavy atom. The first-order chi connectivity index (χ1) is 14.7. The molecule has 0 saturated carbocycles.